The molecule has 0 atom stereocenters. The lowest BCUT2D eigenvalue weighted by Gasteiger charge is -2.24. The molecule has 174 valence electrons. The van der Waals surface area contributed by atoms with Crippen LogP contribution in [0.1, 0.15) is 11.1 Å². The van der Waals surface area contributed by atoms with Crippen LogP contribution in [0.15, 0.2) is 77.7 Å². The van der Waals surface area contributed by atoms with Crippen LogP contribution < -0.4 is 14.3 Å². The summed E-state index contributed by atoms with van der Waals surface area (Å²) in [6.45, 7) is 3.26. The van der Waals surface area contributed by atoms with Crippen molar-refractivity contribution < 1.29 is 21.6 Å². The monoisotopic (exact) mass is 487 g/mol. The van der Waals surface area contributed by atoms with Crippen LogP contribution in [0.2, 0.25) is 0 Å². The van der Waals surface area contributed by atoms with Gasteiger partial charge in [-0.2, -0.15) is 0 Å². The molecular weight excluding hydrogens is 462 g/mol. The minimum absolute atomic E-state index is 0.0254. The van der Waals surface area contributed by atoms with Crippen molar-refractivity contribution in [2.45, 2.75) is 18.7 Å². The van der Waals surface area contributed by atoms with E-state index in [0.717, 1.165) is 21.7 Å². The molecule has 0 heterocycles. The van der Waals surface area contributed by atoms with Gasteiger partial charge in [0.2, 0.25) is 15.9 Å². The highest BCUT2D eigenvalue weighted by Crippen LogP contribution is 2.24. The topological polar surface area (TPSA) is 113 Å². The van der Waals surface area contributed by atoms with Gasteiger partial charge in [-0.25, -0.2) is 16.8 Å². The van der Waals surface area contributed by atoms with Crippen LogP contribution in [0, 0.1) is 13.8 Å². The van der Waals surface area contributed by atoms with Gasteiger partial charge in [0.1, 0.15) is 6.54 Å². The second-order valence-electron chi connectivity index (χ2n) is 7.60. The lowest BCUT2D eigenvalue weighted by molar-refractivity contribution is -0.114. The minimum Gasteiger partial charge on any atom is -0.325 e. The fourth-order valence-corrected chi connectivity index (χ4v) is 5.21. The molecule has 0 aliphatic rings. The van der Waals surface area contributed by atoms with Crippen LogP contribution in [0.25, 0.3) is 0 Å². The average Bonchev–Trinajstić information content (AvgIpc) is 2.72. The minimum atomic E-state index is -3.79. The zero-order chi connectivity index (χ0) is 24.2. The van der Waals surface area contributed by atoms with Gasteiger partial charge < -0.3 is 5.32 Å². The molecule has 3 aromatic rings. The Labute approximate surface area is 194 Å². The van der Waals surface area contributed by atoms with Gasteiger partial charge in [-0.1, -0.05) is 35.9 Å². The van der Waals surface area contributed by atoms with E-state index in [1.807, 2.05) is 13.0 Å². The Balaban J connectivity index is 1.73. The molecule has 10 heteroatoms. The van der Waals surface area contributed by atoms with E-state index in [2.05, 4.69) is 10.0 Å². The fourth-order valence-electron chi connectivity index (χ4n) is 3.23. The molecule has 0 bridgehead atoms. The van der Waals surface area contributed by atoms with Crippen molar-refractivity contribution in [3.63, 3.8) is 0 Å². The second-order valence-corrected chi connectivity index (χ2v) is 11.2. The number of carbonyl (C=O) groups is 1. The number of sulfonamides is 2. The molecule has 3 rings (SSSR count). The lowest BCUT2D eigenvalue weighted by atomic mass is 10.1. The van der Waals surface area contributed by atoms with E-state index in [0.29, 0.717) is 17.1 Å². The summed E-state index contributed by atoms with van der Waals surface area (Å²) in [6.07, 6.45) is 1.04. The highest BCUT2D eigenvalue weighted by Gasteiger charge is 2.22. The van der Waals surface area contributed by atoms with Gasteiger partial charge in [0.15, 0.2) is 0 Å². The highest BCUT2D eigenvalue weighted by molar-refractivity contribution is 7.92. The molecule has 0 saturated carbocycles. The summed E-state index contributed by atoms with van der Waals surface area (Å²) < 4.78 is 53.2. The first kappa shape index (κ1) is 24.3. The first-order valence-corrected chi connectivity index (χ1v) is 13.3. The summed E-state index contributed by atoms with van der Waals surface area (Å²) in [5.41, 5.74) is 2.90. The van der Waals surface area contributed by atoms with Crippen molar-refractivity contribution in [3.05, 3.63) is 83.9 Å². The van der Waals surface area contributed by atoms with Gasteiger partial charge in [-0.05, 0) is 61.9 Å². The smallest absolute Gasteiger partial charge is 0.261 e. The number of aryl methyl sites for hydroxylation is 2. The number of hydrogen-bond acceptors (Lipinski definition) is 5. The maximum Gasteiger partial charge on any atom is 0.261 e. The van der Waals surface area contributed by atoms with E-state index in [-0.39, 0.29) is 4.90 Å². The molecule has 0 saturated heterocycles. The Morgan fingerprint density at radius 2 is 1.48 bits per heavy atom. The van der Waals surface area contributed by atoms with Crippen LogP contribution in [-0.4, -0.2) is 35.5 Å². The number of carbonyl (C=O) groups excluding carboxylic acids is 1. The Morgan fingerprint density at radius 3 is 2.06 bits per heavy atom. The Morgan fingerprint density at radius 1 is 0.848 bits per heavy atom. The number of benzene rings is 3. The molecule has 0 radical (unpaired) electrons. The highest BCUT2D eigenvalue weighted by atomic mass is 32.2. The zero-order valence-corrected chi connectivity index (χ0v) is 20.1. The molecule has 0 aromatic heterocycles. The van der Waals surface area contributed by atoms with Crippen molar-refractivity contribution in [1.29, 1.82) is 0 Å². The molecule has 33 heavy (non-hydrogen) atoms. The van der Waals surface area contributed by atoms with Crippen LogP contribution >= 0.6 is 0 Å². The lowest BCUT2D eigenvalue weighted by Crippen LogP contribution is -2.37. The third-order valence-electron chi connectivity index (χ3n) is 4.78. The van der Waals surface area contributed by atoms with Crippen molar-refractivity contribution in [2.24, 2.45) is 0 Å². The summed E-state index contributed by atoms with van der Waals surface area (Å²) in [5.74, 6) is -0.557. The average molecular weight is 488 g/mol. The third kappa shape index (κ3) is 6.33. The Kier molecular flexibility index (Phi) is 7.09. The maximum atomic E-state index is 12.6. The predicted molar refractivity (Wildman–Crippen MR) is 130 cm³/mol. The van der Waals surface area contributed by atoms with Crippen LogP contribution in [0.3, 0.4) is 0 Å². The Hall–Kier alpha value is -3.37. The number of rotatable bonds is 8. The molecule has 2 N–H and O–H groups in total. The SMILES string of the molecule is Cc1ccc(N(CC(=O)Nc2ccc(S(=O)(=O)Nc3ccccc3)cc2)S(C)(=O)=O)c(C)c1. The summed E-state index contributed by atoms with van der Waals surface area (Å²) in [7, 11) is -7.50. The zero-order valence-electron chi connectivity index (χ0n) is 18.4. The normalized spacial score (nSPS) is 11.6. The first-order valence-electron chi connectivity index (χ1n) is 9.98. The van der Waals surface area contributed by atoms with E-state index >= 15 is 0 Å². The van der Waals surface area contributed by atoms with Crippen LogP contribution in [0.5, 0.6) is 0 Å². The fraction of sp³-hybridized carbons (Fsp3) is 0.174. The number of hydrogen-bond donors (Lipinski definition) is 2. The molecule has 0 aliphatic carbocycles. The summed E-state index contributed by atoms with van der Waals surface area (Å²) >= 11 is 0. The Bertz CT molecular complexity index is 1350. The number of nitrogens with one attached hydrogen (secondary N) is 2. The van der Waals surface area contributed by atoms with E-state index in [1.54, 1.807) is 49.4 Å². The summed E-state index contributed by atoms with van der Waals surface area (Å²) in [5, 5.41) is 2.61. The van der Waals surface area contributed by atoms with Gasteiger partial charge >= 0.3 is 0 Å². The summed E-state index contributed by atoms with van der Waals surface area (Å²) in [6, 6.07) is 19.4. The van der Waals surface area contributed by atoms with E-state index < -0.39 is 32.5 Å². The van der Waals surface area contributed by atoms with Crippen molar-refractivity contribution >= 4 is 43.0 Å². The molecule has 0 aliphatic heterocycles. The number of nitrogens with zero attached hydrogens (tertiary/aromatic N) is 1. The van der Waals surface area contributed by atoms with Gasteiger partial charge in [0.25, 0.3) is 10.0 Å². The van der Waals surface area contributed by atoms with Gasteiger partial charge in [0.05, 0.1) is 16.8 Å². The third-order valence-corrected chi connectivity index (χ3v) is 7.31. The quantitative estimate of drug-likeness (QED) is 0.505. The molecule has 0 fully saturated rings. The van der Waals surface area contributed by atoms with Gasteiger partial charge in [0, 0.05) is 11.4 Å². The second kappa shape index (κ2) is 9.63. The first-order chi connectivity index (χ1) is 15.5. The van der Waals surface area contributed by atoms with Crippen molar-refractivity contribution in [2.75, 3.05) is 27.1 Å². The molecular formula is C23H25N3O5S2. The molecule has 0 spiro atoms. The molecule has 0 unspecified atom stereocenters. The summed E-state index contributed by atoms with van der Waals surface area (Å²) in [4.78, 5) is 12.6. The number of amides is 1. The van der Waals surface area contributed by atoms with E-state index in [1.165, 1.54) is 24.3 Å². The molecule has 1 amide bonds. The van der Waals surface area contributed by atoms with Crippen molar-refractivity contribution in [1.82, 2.24) is 0 Å². The molecule has 8 nitrogen and oxygen atoms in total. The largest absolute Gasteiger partial charge is 0.325 e. The van der Waals surface area contributed by atoms with Gasteiger partial charge in [-0.3, -0.25) is 13.8 Å². The number of anilines is 3. The standard InChI is InChI=1S/C23H25N3O5S2/c1-17-9-14-22(18(2)15-17)26(32(3,28)29)16-23(27)24-19-10-12-21(13-11-19)33(30,31)25-20-7-5-4-6-8-20/h4-15,25H,16H2,1-3H3,(H,24,27). The van der Waals surface area contributed by atoms with Crippen LogP contribution in [0.4, 0.5) is 17.1 Å². The van der Waals surface area contributed by atoms with E-state index in [9.17, 15) is 21.6 Å². The van der Waals surface area contributed by atoms with E-state index in [4.69, 9.17) is 0 Å². The number of para-hydroxylation sites is 1. The maximum absolute atomic E-state index is 12.6. The van der Waals surface area contributed by atoms with Gasteiger partial charge in [-0.15, -0.1) is 0 Å². The predicted octanol–water partition coefficient (Wildman–Crippen LogP) is 3.51. The van der Waals surface area contributed by atoms with Crippen LogP contribution in [-0.2, 0) is 24.8 Å². The van der Waals surface area contributed by atoms with Crippen molar-refractivity contribution in [3.8, 4) is 0 Å². The molecule has 3 aromatic carbocycles.